The lowest BCUT2D eigenvalue weighted by molar-refractivity contribution is 1.19. The first kappa shape index (κ1) is 20.7. The van der Waals surface area contributed by atoms with E-state index in [2.05, 4.69) is 145 Å². The summed E-state index contributed by atoms with van der Waals surface area (Å²) in [6.07, 6.45) is 0. The SMILES string of the molecule is Cc1cccc(-c2cccc(-c3ccc4c5ccc6ccccc6c5n(-c5ccccc5)c4c3)c2)c1. The molecule has 0 saturated heterocycles. The molecule has 0 bridgehead atoms. The zero-order chi connectivity index (χ0) is 24.1. The van der Waals surface area contributed by atoms with E-state index in [0.29, 0.717) is 0 Å². The third kappa shape index (κ3) is 3.32. The molecule has 0 N–H and O–H groups in total. The van der Waals surface area contributed by atoms with Crippen LogP contribution < -0.4 is 0 Å². The maximum absolute atomic E-state index is 2.43. The molecule has 0 aliphatic heterocycles. The van der Waals surface area contributed by atoms with Crippen LogP contribution in [0.15, 0.2) is 133 Å². The van der Waals surface area contributed by atoms with E-state index in [4.69, 9.17) is 0 Å². The molecule has 170 valence electrons. The van der Waals surface area contributed by atoms with E-state index in [-0.39, 0.29) is 0 Å². The minimum atomic E-state index is 1.18. The first-order valence-electron chi connectivity index (χ1n) is 12.5. The van der Waals surface area contributed by atoms with Crippen LogP contribution in [-0.2, 0) is 0 Å². The molecule has 0 aliphatic rings. The van der Waals surface area contributed by atoms with Crippen LogP contribution >= 0.6 is 0 Å². The Morgan fingerprint density at radius 2 is 1.11 bits per heavy atom. The maximum Gasteiger partial charge on any atom is 0.0619 e. The smallest absolute Gasteiger partial charge is 0.0619 e. The van der Waals surface area contributed by atoms with Gasteiger partial charge in [-0.3, -0.25) is 0 Å². The maximum atomic E-state index is 2.43. The second-order valence-electron chi connectivity index (χ2n) is 9.54. The summed E-state index contributed by atoms with van der Waals surface area (Å²) in [5.74, 6) is 0. The Bertz CT molecular complexity index is 1890. The van der Waals surface area contributed by atoms with Gasteiger partial charge >= 0.3 is 0 Å². The number of aryl methyl sites for hydroxylation is 1. The van der Waals surface area contributed by atoms with Gasteiger partial charge in [-0.1, -0.05) is 115 Å². The highest BCUT2D eigenvalue weighted by Gasteiger charge is 2.16. The Kier molecular flexibility index (Phi) is 4.75. The number of hydrogen-bond acceptors (Lipinski definition) is 0. The van der Waals surface area contributed by atoms with E-state index in [1.807, 2.05) is 0 Å². The van der Waals surface area contributed by atoms with Crippen LogP contribution in [0.1, 0.15) is 5.56 Å². The van der Waals surface area contributed by atoms with E-state index >= 15 is 0 Å². The van der Waals surface area contributed by atoms with Crippen molar-refractivity contribution in [2.24, 2.45) is 0 Å². The quantitative estimate of drug-likeness (QED) is 0.248. The van der Waals surface area contributed by atoms with Gasteiger partial charge in [0.1, 0.15) is 0 Å². The summed E-state index contributed by atoms with van der Waals surface area (Å²) in [5.41, 5.74) is 9.89. The third-order valence-electron chi connectivity index (χ3n) is 7.21. The average Bonchev–Trinajstić information content (AvgIpc) is 3.28. The first-order chi connectivity index (χ1) is 17.8. The molecule has 0 aliphatic carbocycles. The topological polar surface area (TPSA) is 4.93 Å². The van der Waals surface area contributed by atoms with Gasteiger partial charge in [0.25, 0.3) is 0 Å². The van der Waals surface area contributed by atoms with Crippen LogP contribution in [0, 0.1) is 6.92 Å². The normalized spacial score (nSPS) is 11.5. The monoisotopic (exact) mass is 459 g/mol. The van der Waals surface area contributed by atoms with Gasteiger partial charge in [-0.2, -0.15) is 0 Å². The van der Waals surface area contributed by atoms with E-state index in [1.165, 1.54) is 66.1 Å². The molecule has 0 fully saturated rings. The molecule has 0 atom stereocenters. The Morgan fingerprint density at radius 3 is 1.92 bits per heavy atom. The first-order valence-corrected chi connectivity index (χ1v) is 12.5. The summed E-state index contributed by atoms with van der Waals surface area (Å²) in [6, 6.07) is 48.4. The van der Waals surface area contributed by atoms with Gasteiger partial charge < -0.3 is 4.57 Å². The van der Waals surface area contributed by atoms with Crippen molar-refractivity contribution >= 4 is 32.6 Å². The standard InChI is InChI=1S/C35H25N/c1-24-9-7-11-26(21-24)27-12-8-13-28(22-27)29-18-19-32-33-20-17-25-10-5-6-16-31(25)35(33)36(34(32)23-29)30-14-3-2-4-15-30/h2-23H,1H3. The summed E-state index contributed by atoms with van der Waals surface area (Å²) < 4.78 is 2.43. The second-order valence-corrected chi connectivity index (χ2v) is 9.54. The largest absolute Gasteiger partial charge is 0.309 e. The second kappa shape index (κ2) is 8.25. The number of rotatable bonds is 3. The molecule has 0 radical (unpaired) electrons. The zero-order valence-corrected chi connectivity index (χ0v) is 20.1. The minimum absolute atomic E-state index is 1.18. The van der Waals surface area contributed by atoms with Gasteiger partial charge in [0.15, 0.2) is 0 Å². The number of para-hydroxylation sites is 1. The highest BCUT2D eigenvalue weighted by molar-refractivity contribution is 6.19. The Hall–Kier alpha value is -4.62. The highest BCUT2D eigenvalue weighted by Crippen LogP contribution is 2.38. The molecule has 7 aromatic rings. The third-order valence-corrected chi connectivity index (χ3v) is 7.21. The molecule has 1 heterocycles. The predicted octanol–water partition coefficient (Wildman–Crippen LogP) is 9.58. The van der Waals surface area contributed by atoms with E-state index in [9.17, 15) is 0 Å². The van der Waals surface area contributed by atoms with Gasteiger partial charge in [0, 0.05) is 21.8 Å². The number of fused-ring (bicyclic) bond motifs is 5. The summed E-state index contributed by atoms with van der Waals surface area (Å²) in [4.78, 5) is 0. The molecule has 0 spiro atoms. The fraction of sp³-hybridized carbons (Fsp3) is 0.0286. The molecule has 0 unspecified atom stereocenters. The molecule has 1 nitrogen and oxygen atoms in total. The van der Waals surface area contributed by atoms with Crippen LogP contribution in [-0.4, -0.2) is 4.57 Å². The van der Waals surface area contributed by atoms with E-state index < -0.39 is 0 Å². The number of aromatic nitrogens is 1. The van der Waals surface area contributed by atoms with Crippen LogP contribution in [0.3, 0.4) is 0 Å². The van der Waals surface area contributed by atoms with Crippen LogP contribution in [0.25, 0.3) is 60.5 Å². The Morgan fingerprint density at radius 1 is 0.444 bits per heavy atom. The van der Waals surface area contributed by atoms with Gasteiger partial charge in [-0.25, -0.2) is 0 Å². The predicted molar refractivity (Wildman–Crippen MR) is 154 cm³/mol. The molecule has 36 heavy (non-hydrogen) atoms. The number of nitrogens with zero attached hydrogens (tertiary/aromatic N) is 1. The molecule has 1 heteroatoms. The van der Waals surface area contributed by atoms with Crippen molar-refractivity contribution < 1.29 is 0 Å². The summed E-state index contributed by atoms with van der Waals surface area (Å²) in [5, 5.41) is 5.10. The zero-order valence-electron chi connectivity index (χ0n) is 20.1. The van der Waals surface area contributed by atoms with Gasteiger partial charge in [0.05, 0.1) is 11.0 Å². The lowest BCUT2D eigenvalue weighted by Crippen LogP contribution is -1.94. The fourth-order valence-corrected chi connectivity index (χ4v) is 5.51. The molecule has 0 saturated carbocycles. The fourth-order valence-electron chi connectivity index (χ4n) is 5.51. The molecule has 0 amide bonds. The van der Waals surface area contributed by atoms with E-state index in [1.54, 1.807) is 0 Å². The molecular weight excluding hydrogens is 434 g/mol. The summed E-state index contributed by atoms with van der Waals surface area (Å²) in [6.45, 7) is 2.15. The Labute approximate surface area is 210 Å². The molecular formula is C35H25N. The molecule has 7 rings (SSSR count). The number of benzene rings is 6. The van der Waals surface area contributed by atoms with Crippen molar-refractivity contribution in [3.8, 4) is 27.9 Å². The van der Waals surface area contributed by atoms with Crippen molar-refractivity contribution in [3.05, 3.63) is 139 Å². The van der Waals surface area contributed by atoms with Crippen molar-refractivity contribution in [2.45, 2.75) is 6.92 Å². The van der Waals surface area contributed by atoms with Gasteiger partial charge in [-0.15, -0.1) is 0 Å². The van der Waals surface area contributed by atoms with Crippen LogP contribution in [0.2, 0.25) is 0 Å². The van der Waals surface area contributed by atoms with Crippen molar-refractivity contribution in [1.82, 2.24) is 4.57 Å². The van der Waals surface area contributed by atoms with Crippen LogP contribution in [0.5, 0.6) is 0 Å². The number of hydrogen-bond donors (Lipinski definition) is 0. The van der Waals surface area contributed by atoms with Gasteiger partial charge in [0.2, 0.25) is 0 Å². The van der Waals surface area contributed by atoms with Crippen molar-refractivity contribution in [3.63, 3.8) is 0 Å². The average molecular weight is 460 g/mol. The van der Waals surface area contributed by atoms with E-state index in [0.717, 1.165) is 0 Å². The lowest BCUT2D eigenvalue weighted by atomic mass is 9.97. The van der Waals surface area contributed by atoms with Crippen molar-refractivity contribution in [2.75, 3.05) is 0 Å². The highest BCUT2D eigenvalue weighted by atomic mass is 15.0. The van der Waals surface area contributed by atoms with Crippen LogP contribution in [0.4, 0.5) is 0 Å². The summed E-state index contributed by atoms with van der Waals surface area (Å²) in [7, 11) is 0. The molecule has 1 aromatic heterocycles. The minimum Gasteiger partial charge on any atom is -0.309 e. The molecule has 6 aromatic carbocycles. The lowest BCUT2D eigenvalue weighted by Gasteiger charge is -2.11. The van der Waals surface area contributed by atoms with Gasteiger partial charge in [-0.05, 0) is 58.8 Å². The summed E-state index contributed by atoms with van der Waals surface area (Å²) >= 11 is 0. The Balaban J connectivity index is 1.50. The van der Waals surface area contributed by atoms with Crippen molar-refractivity contribution in [1.29, 1.82) is 0 Å².